The second kappa shape index (κ2) is 7.00. The van der Waals surface area contributed by atoms with Gasteiger partial charge in [0.15, 0.2) is 0 Å². The van der Waals surface area contributed by atoms with Gasteiger partial charge in [-0.3, -0.25) is 5.32 Å². The molecule has 25 heavy (non-hydrogen) atoms. The average molecular weight is 353 g/mol. The minimum atomic E-state index is -4.41. The standard InChI is InChI=1S/C17H18F3N3O2/c1-16(2,3)25-15(24)23-14-8-7-13(10-21-14)22-12-6-4-5-11(9-12)17(18,19)20/h4-10,22H,1-3H3,(H,21,23,24). The number of aromatic nitrogens is 1. The Bertz CT molecular complexity index is 738. The van der Waals surface area contributed by atoms with E-state index >= 15 is 0 Å². The largest absolute Gasteiger partial charge is 0.444 e. The minimum absolute atomic E-state index is 0.267. The van der Waals surface area contributed by atoms with Crippen LogP contribution in [0.25, 0.3) is 0 Å². The van der Waals surface area contributed by atoms with Crippen LogP contribution in [0.15, 0.2) is 42.6 Å². The molecule has 0 unspecified atom stereocenters. The predicted octanol–water partition coefficient (Wildman–Crippen LogP) is 5.19. The van der Waals surface area contributed by atoms with Crippen LogP contribution in [-0.4, -0.2) is 16.7 Å². The summed E-state index contributed by atoms with van der Waals surface area (Å²) in [5.74, 6) is 0.267. The van der Waals surface area contributed by atoms with Crippen LogP contribution >= 0.6 is 0 Å². The highest BCUT2D eigenvalue weighted by molar-refractivity contribution is 5.83. The predicted molar refractivity (Wildman–Crippen MR) is 88.8 cm³/mol. The lowest BCUT2D eigenvalue weighted by atomic mass is 10.2. The summed E-state index contributed by atoms with van der Waals surface area (Å²) >= 11 is 0. The Morgan fingerprint density at radius 2 is 1.80 bits per heavy atom. The zero-order valence-electron chi connectivity index (χ0n) is 13.9. The molecular weight excluding hydrogens is 335 g/mol. The molecule has 0 bridgehead atoms. The first-order valence-corrected chi connectivity index (χ1v) is 7.43. The molecule has 1 aromatic carbocycles. The van der Waals surface area contributed by atoms with Gasteiger partial charge in [-0.1, -0.05) is 6.07 Å². The Labute approximate surface area is 143 Å². The summed E-state index contributed by atoms with van der Waals surface area (Å²) in [7, 11) is 0. The molecule has 0 saturated carbocycles. The molecule has 0 fully saturated rings. The van der Waals surface area contributed by atoms with E-state index in [1.54, 1.807) is 26.8 Å². The van der Waals surface area contributed by atoms with Crippen molar-refractivity contribution in [2.45, 2.75) is 32.5 Å². The van der Waals surface area contributed by atoms with Gasteiger partial charge in [0.25, 0.3) is 0 Å². The van der Waals surface area contributed by atoms with Gasteiger partial charge < -0.3 is 10.1 Å². The van der Waals surface area contributed by atoms with E-state index in [-0.39, 0.29) is 11.5 Å². The van der Waals surface area contributed by atoms with Crippen molar-refractivity contribution in [3.8, 4) is 0 Å². The maximum atomic E-state index is 12.7. The molecule has 0 aliphatic rings. The number of anilines is 3. The van der Waals surface area contributed by atoms with Crippen LogP contribution in [0.3, 0.4) is 0 Å². The number of hydrogen-bond acceptors (Lipinski definition) is 4. The van der Waals surface area contributed by atoms with Crippen LogP contribution in [0.2, 0.25) is 0 Å². The van der Waals surface area contributed by atoms with Gasteiger partial charge >= 0.3 is 12.3 Å². The van der Waals surface area contributed by atoms with Gasteiger partial charge in [-0.15, -0.1) is 0 Å². The van der Waals surface area contributed by atoms with Crippen molar-refractivity contribution >= 4 is 23.3 Å². The fraction of sp³-hybridized carbons (Fsp3) is 0.294. The first kappa shape index (κ1) is 18.6. The van der Waals surface area contributed by atoms with E-state index in [2.05, 4.69) is 15.6 Å². The molecule has 0 spiro atoms. The molecule has 134 valence electrons. The normalized spacial score (nSPS) is 11.8. The second-order valence-corrected chi connectivity index (χ2v) is 6.26. The third-order valence-electron chi connectivity index (χ3n) is 2.87. The van der Waals surface area contributed by atoms with Crippen molar-refractivity contribution in [2.75, 3.05) is 10.6 Å². The molecule has 0 radical (unpaired) electrons. The number of alkyl halides is 3. The number of nitrogens with zero attached hydrogens (tertiary/aromatic N) is 1. The number of hydrogen-bond donors (Lipinski definition) is 2. The Kier molecular flexibility index (Phi) is 5.20. The fourth-order valence-corrected chi connectivity index (χ4v) is 1.89. The van der Waals surface area contributed by atoms with E-state index < -0.39 is 23.4 Å². The number of carbonyl (C=O) groups is 1. The Morgan fingerprint density at radius 1 is 1.08 bits per heavy atom. The fourth-order valence-electron chi connectivity index (χ4n) is 1.89. The van der Waals surface area contributed by atoms with E-state index in [4.69, 9.17) is 4.74 Å². The monoisotopic (exact) mass is 353 g/mol. The first-order chi connectivity index (χ1) is 11.5. The highest BCUT2D eigenvalue weighted by atomic mass is 19.4. The number of pyridine rings is 1. The third kappa shape index (κ3) is 5.98. The van der Waals surface area contributed by atoms with Crippen molar-refractivity contribution in [1.82, 2.24) is 4.98 Å². The number of carbonyl (C=O) groups excluding carboxylic acids is 1. The average Bonchev–Trinajstić information content (AvgIpc) is 2.47. The van der Waals surface area contributed by atoms with Crippen LogP contribution < -0.4 is 10.6 Å². The van der Waals surface area contributed by atoms with Crippen LogP contribution in [0.5, 0.6) is 0 Å². The third-order valence-corrected chi connectivity index (χ3v) is 2.87. The number of amides is 1. The van der Waals surface area contributed by atoms with Crippen LogP contribution in [0.1, 0.15) is 26.3 Å². The number of benzene rings is 1. The topological polar surface area (TPSA) is 63.2 Å². The van der Waals surface area contributed by atoms with Gasteiger partial charge in [-0.05, 0) is 51.1 Å². The zero-order chi connectivity index (χ0) is 18.7. The zero-order valence-corrected chi connectivity index (χ0v) is 13.9. The number of halogens is 3. The van der Waals surface area contributed by atoms with Crippen molar-refractivity contribution in [2.24, 2.45) is 0 Å². The van der Waals surface area contributed by atoms with Gasteiger partial charge in [0.2, 0.25) is 0 Å². The molecule has 1 aromatic heterocycles. The molecule has 2 N–H and O–H groups in total. The van der Waals surface area contributed by atoms with Crippen molar-refractivity contribution in [3.05, 3.63) is 48.2 Å². The first-order valence-electron chi connectivity index (χ1n) is 7.43. The van der Waals surface area contributed by atoms with E-state index in [1.165, 1.54) is 24.4 Å². The van der Waals surface area contributed by atoms with Crippen molar-refractivity contribution in [3.63, 3.8) is 0 Å². The summed E-state index contributed by atoms with van der Waals surface area (Å²) in [4.78, 5) is 15.7. The molecule has 1 heterocycles. The molecule has 2 rings (SSSR count). The highest BCUT2D eigenvalue weighted by Gasteiger charge is 2.30. The molecule has 8 heteroatoms. The van der Waals surface area contributed by atoms with E-state index in [9.17, 15) is 18.0 Å². The van der Waals surface area contributed by atoms with E-state index in [0.717, 1.165) is 12.1 Å². The highest BCUT2D eigenvalue weighted by Crippen LogP contribution is 2.31. The van der Waals surface area contributed by atoms with Gasteiger partial charge in [-0.25, -0.2) is 9.78 Å². The van der Waals surface area contributed by atoms with Crippen molar-refractivity contribution < 1.29 is 22.7 Å². The quantitative estimate of drug-likeness (QED) is 0.797. The van der Waals surface area contributed by atoms with E-state index in [0.29, 0.717) is 5.69 Å². The maximum Gasteiger partial charge on any atom is 0.416 e. The number of nitrogens with one attached hydrogen (secondary N) is 2. The summed E-state index contributed by atoms with van der Waals surface area (Å²) in [6.45, 7) is 5.21. The van der Waals surface area contributed by atoms with E-state index in [1.807, 2.05) is 0 Å². The SMILES string of the molecule is CC(C)(C)OC(=O)Nc1ccc(Nc2cccc(C(F)(F)F)c2)cn1. The lowest BCUT2D eigenvalue weighted by Crippen LogP contribution is -2.27. The lowest BCUT2D eigenvalue weighted by Gasteiger charge is -2.19. The molecule has 0 aliphatic carbocycles. The van der Waals surface area contributed by atoms with Gasteiger partial charge in [0.1, 0.15) is 11.4 Å². The molecule has 1 amide bonds. The Morgan fingerprint density at radius 3 is 2.36 bits per heavy atom. The molecule has 0 atom stereocenters. The van der Waals surface area contributed by atoms with Crippen molar-refractivity contribution in [1.29, 1.82) is 0 Å². The second-order valence-electron chi connectivity index (χ2n) is 6.26. The summed E-state index contributed by atoms with van der Waals surface area (Å²) in [6.07, 6.45) is -3.65. The lowest BCUT2D eigenvalue weighted by molar-refractivity contribution is -0.137. The van der Waals surface area contributed by atoms with Crippen LogP contribution in [0, 0.1) is 0 Å². The number of ether oxygens (including phenoxy) is 1. The Hall–Kier alpha value is -2.77. The van der Waals surface area contributed by atoms with Gasteiger partial charge in [0.05, 0.1) is 17.4 Å². The van der Waals surface area contributed by atoms with Crippen LogP contribution in [-0.2, 0) is 10.9 Å². The van der Waals surface area contributed by atoms with Gasteiger partial charge in [0, 0.05) is 5.69 Å². The Balaban J connectivity index is 2.02. The maximum absolute atomic E-state index is 12.7. The molecule has 0 saturated heterocycles. The summed E-state index contributed by atoms with van der Waals surface area (Å²) in [5, 5.41) is 5.30. The number of rotatable bonds is 3. The van der Waals surface area contributed by atoms with Gasteiger partial charge in [-0.2, -0.15) is 13.2 Å². The molecule has 0 aliphatic heterocycles. The molecular formula is C17H18F3N3O2. The molecule has 5 nitrogen and oxygen atoms in total. The smallest absolute Gasteiger partial charge is 0.416 e. The minimum Gasteiger partial charge on any atom is -0.444 e. The summed E-state index contributed by atoms with van der Waals surface area (Å²) in [6, 6.07) is 7.93. The summed E-state index contributed by atoms with van der Waals surface area (Å²) in [5.41, 5.74) is -0.609. The van der Waals surface area contributed by atoms with Crippen LogP contribution in [0.4, 0.5) is 35.2 Å². The summed E-state index contributed by atoms with van der Waals surface area (Å²) < 4.78 is 43.2. The molecule has 2 aromatic rings.